The SMILES string of the molecule is CO[C@@H]1O[C@@H]([C@@H](CO[C@@H]2O[C@@H]([C@@H](COCc3ccccc3)O[C@@H]3O[C@@H]([C@H]4COC(C)(C)O4)[C@H](OCc4ccccc4)[C@H]3O[C@H]3O[C@@H]([C@H]4COC(C)(C)O4)[C@H](OCc4ccccc4)[C@H]3O)[C@H](OCc3ccccc3)[C@H]2OCc2ccccc2)OCc2ccccc2)[C@H](OCc2ccccc2)[C@H]1OCc1ccccc1. The largest absolute Gasteiger partial charge is 0.385 e. The molecule has 0 bridgehead atoms. The Balaban J connectivity index is 0.837. The van der Waals surface area contributed by atoms with Gasteiger partial charge < -0.3 is 99.8 Å². The van der Waals surface area contributed by atoms with Crippen LogP contribution in [0.15, 0.2) is 243 Å². The van der Waals surface area contributed by atoms with Crippen LogP contribution in [0.3, 0.4) is 0 Å². The van der Waals surface area contributed by atoms with E-state index < -0.39 is 134 Å². The topological polar surface area (TPSA) is 205 Å². The Morgan fingerprint density at radius 3 is 1.09 bits per heavy atom. The lowest BCUT2D eigenvalue weighted by atomic mass is 10.0. The predicted octanol–water partition coefficient (Wildman–Crippen LogP) is 12.3. The van der Waals surface area contributed by atoms with Crippen molar-refractivity contribution in [2.45, 2.75) is 215 Å². The number of methoxy groups -OCH3 is 1. The van der Waals surface area contributed by atoms with Gasteiger partial charge in [-0.3, -0.25) is 0 Å². The number of ether oxygens (including phenoxy) is 20. The molecule has 0 spiro atoms. The molecule has 0 radical (unpaired) electrons. The van der Waals surface area contributed by atoms with Crippen LogP contribution in [-0.2, 0) is 148 Å². The Labute approximate surface area is 632 Å². The minimum absolute atomic E-state index is 0.109. The van der Waals surface area contributed by atoms with Crippen LogP contribution < -0.4 is 0 Å². The van der Waals surface area contributed by atoms with Gasteiger partial charge in [-0.1, -0.05) is 243 Å². The summed E-state index contributed by atoms with van der Waals surface area (Å²) in [6.45, 7) is 8.82. The van der Waals surface area contributed by atoms with E-state index >= 15 is 0 Å². The Morgan fingerprint density at radius 2 is 0.685 bits per heavy atom. The van der Waals surface area contributed by atoms with Crippen LogP contribution in [0, 0.1) is 0 Å². The lowest BCUT2D eigenvalue weighted by molar-refractivity contribution is -0.280. The summed E-state index contributed by atoms with van der Waals surface area (Å²) in [5, 5.41) is 12.8. The molecule has 8 aromatic rings. The van der Waals surface area contributed by atoms with Crippen LogP contribution in [0.1, 0.15) is 72.2 Å². The van der Waals surface area contributed by atoms with Gasteiger partial charge in [0.15, 0.2) is 36.7 Å². The number of aliphatic hydroxyl groups is 1. The fourth-order valence-corrected chi connectivity index (χ4v) is 14.6. The fourth-order valence-electron chi connectivity index (χ4n) is 14.6. The molecule has 6 aliphatic rings. The monoisotopic (exact) mass is 1480 g/mol. The van der Waals surface area contributed by atoms with E-state index in [0.717, 1.165) is 44.5 Å². The molecule has 0 unspecified atom stereocenters. The summed E-state index contributed by atoms with van der Waals surface area (Å²) in [5.41, 5.74) is 7.30. The maximum atomic E-state index is 12.8. The zero-order valence-electron chi connectivity index (χ0n) is 61.7. The van der Waals surface area contributed by atoms with Gasteiger partial charge in [-0.25, -0.2) is 0 Å². The lowest BCUT2D eigenvalue weighted by Gasteiger charge is -2.33. The van der Waals surface area contributed by atoms with E-state index in [-0.39, 0.29) is 79.3 Å². The third kappa shape index (κ3) is 20.5. The van der Waals surface area contributed by atoms with E-state index in [2.05, 4.69) is 0 Å². The third-order valence-corrected chi connectivity index (χ3v) is 20.0. The second kappa shape index (κ2) is 37.8. The molecule has 0 saturated carbocycles. The summed E-state index contributed by atoms with van der Waals surface area (Å²) in [5.74, 6) is -1.95. The number of hydrogen-bond donors (Lipinski definition) is 1. The molecule has 6 saturated heterocycles. The van der Waals surface area contributed by atoms with Crippen molar-refractivity contribution < 1.29 is 99.8 Å². The molecule has 1 N–H and O–H groups in total. The van der Waals surface area contributed by atoms with Crippen molar-refractivity contribution in [3.8, 4) is 0 Å². The molecule has 6 heterocycles. The first-order chi connectivity index (χ1) is 52.9. The Morgan fingerprint density at radius 1 is 0.343 bits per heavy atom. The van der Waals surface area contributed by atoms with Crippen LogP contribution in [-0.4, -0.2) is 173 Å². The highest BCUT2D eigenvalue weighted by atomic mass is 16.8. The number of benzene rings is 8. The average molecular weight is 1480 g/mol. The fraction of sp³-hybridized carbons (Fsp3) is 0.448. The quantitative estimate of drug-likeness (QED) is 0.0384. The zero-order valence-corrected chi connectivity index (χ0v) is 61.7. The summed E-state index contributed by atoms with van der Waals surface area (Å²) >= 11 is 0. The van der Waals surface area contributed by atoms with Crippen LogP contribution >= 0.6 is 0 Å². The molecule has 20 atom stereocenters. The highest BCUT2D eigenvalue weighted by Crippen LogP contribution is 2.43. The molecule has 108 heavy (non-hydrogen) atoms. The van der Waals surface area contributed by atoms with Gasteiger partial charge >= 0.3 is 0 Å². The van der Waals surface area contributed by atoms with E-state index in [9.17, 15) is 5.11 Å². The molecule has 0 amide bonds. The summed E-state index contributed by atoms with van der Waals surface area (Å²) in [6.07, 6.45) is -19.8. The first-order valence-electron chi connectivity index (χ1n) is 37.4. The molecular weight excluding hydrogens is 1380 g/mol. The van der Waals surface area contributed by atoms with Gasteiger partial charge in [0.05, 0.1) is 79.3 Å². The molecule has 0 aliphatic carbocycles. The van der Waals surface area contributed by atoms with E-state index in [0.29, 0.717) is 0 Å². The van der Waals surface area contributed by atoms with E-state index in [1.165, 1.54) is 0 Å². The van der Waals surface area contributed by atoms with E-state index in [4.69, 9.17) is 94.7 Å². The molecule has 8 aromatic carbocycles. The van der Waals surface area contributed by atoms with Crippen LogP contribution in [0.2, 0.25) is 0 Å². The maximum Gasteiger partial charge on any atom is 0.187 e. The maximum absolute atomic E-state index is 12.8. The summed E-state index contributed by atoms with van der Waals surface area (Å²) in [7, 11) is 1.60. The van der Waals surface area contributed by atoms with Crippen LogP contribution in [0.4, 0.5) is 0 Å². The number of aliphatic hydroxyl groups excluding tert-OH is 1. The van der Waals surface area contributed by atoms with Crippen LogP contribution in [0.25, 0.3) is 0 Å². The van der Waals surface area contributed by atoms with Crippen molar-refractivity contribution in [2.75, 3.05) is 33.5 Å². The van der Waals surface area contributed by atoms with Crippen molar-refractivity contribution in [3.05, 3.63) is 287 Å². The molecule has 6 aliphatic heterocycles. The Hall–Kier alpha value is -7.08. The van der Waals surface area contributed by atoms with Gasteiger partial charge in [-0.2, -0.15) is 0 Å². The van der Waals surface area contributed by atoms with Gasteiger partial charge in [-0.15, -0.1) is 0 Å². The first-order valence-corrected chi connectivity index (χ1v) is 37.4. The van der Waals surface area contributed by atoms with Gasteiger partial charge in [0.1, 0.15) is 97.7 Å². The average Bonchev–Trinajstić information content (AvgIpc) is 1.67. The molecule has 21 heteroatoms. The van der Waals surface area contributed by atoms with Gasteiger partial charge in [0, 0.05) is 7.11 Å². The summed E-state index contributed by atoms with van der Waals surface area (Å²) in [4.78, 5) is 0. The smallest absolute Gasteiger partial charge is 0.187 e. The highest BCUT2D eigenvalue weighted by Gasteiger charge is 2.61. The molecular formula is C87H100O21. The molecule has 21 nitrogen and oxygen atoms in total. The van der Waals surface area contributed by atoms with Crippen molar-refractivity contribution in [1.29, 1.82) is 0 Å². The highest BCUT2D eigenvalue weighted by molar-refractivity contribution is 5.20. The van der Waals surface area contributed by atoms with Crippen molar-refractivity contribution in [3.63, 3.8) is 0 Å². The Kier molecular flexibility index (Phi) is 27.1. The van der Waals surface area contributed by atoms with Crippen LogP contribution in [0.5, 0.6) is 0 Å². The second-order valence-corrected chi connectivity index (χ2v) is 28.8. The predicted molar refractivity (Wildman–Crippen MR) is 394 cm³/mol. The normalized spacial score (nSPS) is 29.9. The van der Waals surface area contributed by atoms with Crippen molar-refractivity contribution in [1.82, 2.24) is 0 Å². The Bertz CT molecular complexity index is 3900. The van der Waals surface area contributed by atoms with Gasteiger partial charge in [0.2, 0.25) is 0 Å². The van der Waals surface area contributed by atoms with Crippen molar-refractivity contribution in [2.24, 2.45) is 0 Å². The lowest BCUT2D eigenvalue weighted by Crippen LogP contribution is -2.50. The standard InChI is InChI=1S/C87H100O21/c1-86(2)99-56-68(107-86)73-75(92-48-60-34-18-8-19-35-60)70(88)82(102-73)106-81-78(95-51-63-40-24-11-25-41-63)74(69-57-100-87(3,4)108-69)105-85(81)101-67(54-90-46-58-30-14-6-15-31-58)72-77(94-50-62-38-22-10-23-39-62)80(97-53-65-44-28-13-29-45-65)84(104-72)98-55-66(91-47-59-32-16-7-17-33-59)71-76(93-49-61-36-20-9-21-37-61)79(83(89-5)103-71)96-52-64-42-26-12-27-43-64/h6-45,66-85,88H,46-57H2,1-5H3/t66-,67-,68-,69-,70-,71+,72+,73+,74+,75-,76+,77+,78+,79-,80-,81-,82-,83-,84-,85-/m1/s1. The van der Waals surface area contributed by atoms with E-state index in [1.807, 2.05) is 270 Å². The van der Waals surface area contributed by atoms with Gasteiger partial charge in [-0.05, 0) is 72.2 Å². The summed E-state index contributed by atoms with van der Waals surface area (Å²) < 4.78 is 139. The van der Waals surface area contributed by atoms with Crippen molar-refractivity contribution >= 4 is 0 Å². The molecule has 0 aromatic heterocycles. The molecule has 6 fully saturated rings. The third-order valence-electron chi connectivity index (χ3n) is 20.0. The molecule has 14 rings (SSSR count). The molecule has 574 valence electrons. The summed E-state index contributed by atoms with van der Waals surface area (Å²) in [6, 6.07) is 79.0. The minimum Gasteiger partial charge on any atom is -0.385 e. The first kappa shape index (κ1) is 77.6. The van der Waals surface area contributed by atoms with Gasteiger partial charge in [0.25, 0.3) is 0 Å². The second-order valence-electron chi connectivity index (χ2n) is 28.8. The zero-order chi connectivity index (χ0) is 74.1. The number of hydrogen-bond acceptors (Lipinski definition) is 21. The number of rotatable bonds is 37. The van der Waals surface area contributed by atoms with E-state index in [1.54, 1.807) is 7.11 Å². The minimum atomic E-state index is -1.39.